The number of aromatic nitrogens is 2. The van der Waals surface area contributed by atoms with Gasteiger partial charge in [-0.15, -0.1) is 0 Å². The first-order chi connectivity index (χ1) is 12.0. The molecule has 1 atom stereocenters. The zero-order chi connectivity index (χ0) is 18.0. The highest BCUT2D eigenvalue weighted by Crippen LogP contribution is 2.35. The van der Waals surface area contributed by atoms with Crippen molar-refractivity contribution in [3.05, 3.63) is 35.0 Å². The predicted octanol–water partition coefficient (Wildman–Crippen LogP) is 2.77. The van der Waals surface area contributed by atoms with Gasteiger partial charge < -0.3 is 14.8 Å². The summed E-state index contributed by atoms with van der Waals surface area (Å²) in [6.45, 7) is 6.79. The number of nitrogens with zero attached hydrogens (tertiary/aromatic N) is 2. The lowest BCUT2D eigenvalue weighted by molar-refractivity contribution is 0.250. The molecule has 0 spiro atoms. The molecule has 134 valence electrons. The molecule has 0 bridgehead atoms. The van der Waals surface area contributed by atoms with E-state index in [-0.39, 0.29) is 12.1 Å². The molecule has 2 amide bonds. The van der Waals surface area contributed by atoms with E-state index in [9.17, 15) is 4.79 Å². The molecule has 7 heteroatoms. The molecule has 0 radical (unpaired) electrons. The van der Waals surface area contributed by atoms with Gasteiger partial charge in [0.1, 0.15) is 23.4 Å². The highest BCUT2D eigenvalue weighted by atomic mass is 16.5. The van der Waals surface area contributed by atoms with Gasteiger partial charge >= 0.3 is 6.03 Å². The second kappa shape index (κ2) is 7.04. The van der Waals surface area contributed by atoms with Crippen molar-refractivity contribution < 1.29 is 14.3 Å². The van der Waals surface area contributed by atoms with Crippen molar-refractivity contribution in [3.8, 4) is 11.5 Å². The summed E-state index contributed by atoms with van der Waals surface area (Å²) in [4.78, 5) is 12.2. The molecule has 0 saturated heterocycles. The van der Waals surface area contributed by atoms with E-state index >= 15 is 0 Å². The standard InChI is InChI=1S/C18H24N4O3/c1-5-24-15-8-13-7-12(3)25-16(13)9-14(15)10-19-18(23)20-17-6-11(2)21-22(17)4/h6,8-9,12H,5,7,10H2,1-4H3,(H2,19,20,23)/t12-/m0/s1. The Morgan fingerprint density at radius 3 is 2.92 bits per heavy atom. The molecule has 0 unspecified atom stereocenters. The predicted molar refractivity (Wildman–Crippen MR) is 95.2 cm³/mol. The quantitative estimate of drug-likeness (QED) is 0.874. The third-order valence-electron chi connectivity index (χ3n) is 4.06. The van der Waals surface area contributed by atoms with E-state index in [0.29, 0.717) is 19.0 Å². The van der Waals surface area contributed by atoms with Crippen LogP contribution in [0.1, 0.15) is 30.7 Å². The van der Waals surface area contributed by atoms with Crippen molar-refractivity contribution in [1.82, 2.24) is 15.1 Å². The fourth-order valence-corrected chi connectivity index (χ4v) is 2.97. The molecule has 2 N–H and O–H groups in total. The Morgan fingerprint density at radius 1 is 1.44 bits per heavy atom. The van der Waals surface area contributed by atoms with E-state index in [2.05, 4.69) is 15.7 Å². The maximum absolute atomic E-state index is 12.2. The zero-order valence-corrected chi connectivity index (χ0v) is 15.0. The first-order valence-electron chi connectivity index (χ1n) is 8.47. The zero-order valence-electron chi connectivity index (χ0n) is 15.0. The number of fused-ring (bicyclic) bond motifs is 1. The second-order valence-electron chi connectivity index (χ2n) is 6.24. The smallest absolute Gasteiger partial charge is 0.320 e. The minimum absolute atomic E-state index is 0.170. The number of anilines is 1. The second-order valence-corrected chi connectivity index (χ2v) is 6.24. The monoisotopic (exact) mass is 344 g/mol. The lowest BCUT2D eigenvalue weighted by Crippen LogP contribution is -2.29. The van der Waals surface area contributed by atoms with Crippen molar-refractivity contribution >= 4 is 11.8 Å². The molecule has 2 aromatic rings. The van der Waals surface area contributed by atoms with Gasteiger partial charge in [-0.25, -0.2) is 4.79 Å². The molecule has 1 aromatic heterocycles. The highest BCUT2D eigenvalue weighted by Gasteiger charge is 2.22. The molecule has 7 nitrogen and oxygen atoms in total. The first kappa shape index (κ1) is 17.1. The van der Waals surface area contributed by atoms with Crippen LogP contribution in [0.4, 0.5) is 10.6 Å². The van der Waals surface area contributed by atoms with Crippen molar-refractivity contribution in [2.45, 2.75) is 39.8 Å². The fraction of sp³-hybridized carbons (Fsp3) is 0.444. The van der Waals surface area contributed by atoms with Crippen LogP contribution in [0, 0.1) is 6.92 Å². The molecule has 0 aliphatic carbocycles. The largest absolute Gasteiger partial charge is 0.494 e. The summed E-state index contributed by atoms with van der Waals surface area (Å²) in [5, 5.41) is 9.85. The van der Waals surface area contributed by atoms with E-state index in [1.807, 2.05) is 39.0 Å². The Bertz CT molecular complexity index is 785. The van der Waals surface area contributed by atoms with Gasteiger partial charge in [0.15, 0.2) is 0 Å². The Labute approximate surface area is 147 Å². The van der Waals surface area contributed by atoms with Crippen LogP contribution in [0.15, 0.2) is 18.2 Å². The number of hydrogen-bond acceptors (Lipinski definition) is 4. The van der Waals surface area contributed by atoms with Gasteiger partial charge in [-0.05, 0) is 32.9 Å². The molecule has 2 heterocycles. The van der Waals surface area contributed by atoms with Crippen LogP contribution >= 0.6 is 0 Å². The van der Waals surface area contributed by atoms with Crippen LogP contribution in [0.25, 0.3) is 0 Å². The van der Waals surface area contributed by atoms with Crippen molar-refractivity contribution in [1.29, 1.82) is 0 Å². The van der Waals surface area contributed by atoms with Crippen LogP contribution in [0.5, 0.6) is 11.5 Å². The number of rotatable bonds is 5. The lowest BCUT2D eigenvalue weighted by atomic mass is 10.1. The van der Waals surface area contributed by atoms with Crippen molar-refractivity contribution in [3.63, 3.8) is 0 Å². The van der Waals surface area contributed by atoms with Crippen LogP contribution in [0.2, 0.25) is 0 Å². The Hall–Kier alpha value is -2.70. The summed E-state index contributed by atoms with van der Waals surface area (Å²) in [6.07, 6.45) is 1.05. The Kier molecular flexibility index (Phi) is 4.83. The van der Waals surface area contributed by atoms with Gasteiger partial charge in [0.2, 0.25) is 0 Å². The maximum Gasteiger partial charge on any atom is 0.320 e. The van der Waals surface area contributed by atoms with Crippen LogP contribution < -0.4 is 20.1 Å². The molecule has 3 rings (SSSR count). The van der Waals surface area contributed by atoms with Crippen molar-refractivity contribution in [2.75, 3.05) is 11.9 Å². The number of amides is 2. The van der Waals surface area contributed by atoms with E-state index in [4.69, 9.17) is 9.47 Å². The van der Waals surface area contributed by atoms with Crippen molar-refractivity contribution in [2.24, 2.45) is 7.05 Å². The minimum Gasteiger partial charge on any atom is -0.494 e. The lowest BCUT2D eigenvalue weighted by Gasteiger charge is -2.14. The van der Waals surface area contributed by atoms with Crippen LogP contribution in [0.3, 0.4) is 0 Å². The third kappa shape index (κ3) is 3.87. The number of urea groups is 1. The van der Waals surface area contributed by atoms with E-state index in [0.717, 1.165) is 34.7 Å². The maximum atomic E-state index is 12.2. The number of carbonyl (C=O) groups excluding carboxylic acids is 1. The van der Waals surface area contributed by atoms with E-state index < -0.39 is 0 Å². The average Bonchev–Trinajstić information content (AvgIpc) is 3.05. The SMILES string of the molecule is CCOc1cc2c(cc1CNC(=O)Nc1cc(C)nn1C)O[C@@H](C)C2. The molecule has 1 aliphatic rings. The Balaban J connectivity index is 1.68. The molecule has 1 aromatic carbocycles. The fourth-order valence-electron chi connectivity index (χ4n) is 2.97. The molecular weight excluding hydrogens is 320 g/mol. The number of aryl methyl sites for hydroxylation is 2. The van der Waals surface area contributed by atoms with Crippen LogP contribution in [-0.2, 0) is 20.0 Å². The number of nitrogens with one attached hydrogen (secondary N) is 2. The molecule has 25 heavy (non-hydrogen) atoms. The third-order valence-corrected chi connectivity index (χ3v) is 4.06. The number of hydrogen-bond donors (Lipinski definition) is 2. The minimum atomic E-state index is -0.291. The molecule has 0 fully saturated rings. The summed E-state index contributed by atoms with van der Waals surface area (Å²) in [7, 11) is 1.79. The van der Waals surface area contributed by atoms with Gasteiger partial charge in [-0.1, -0.05) is 0 Å². The first-order valence-corrected chi connectivity index (χ1v) is 8.47. The van der Waals surface area contributed by atoms with Gasteiger partial charge in [0.05, 0.1) is 12.3 Å². The Morgan fingerprint density at radius 2 is 2.24 bits per heavy atom. The van der Waals surface area contributed by atoms with Gasteiger partial charge in [0, 0.05) is 37.2 Å². The molecule has 1 aliphatic heterocycles. The number of ether oxygens (including phenoxy) is 2. The molecular formula is C18H24N4O3. The van der Waals surface area contributed by atoms with Gasteiger partial charge in [0.25, 0.3) is 0 Å². The molecule has 0 saturated carbocycles. The summed E-state index contributed by atoms with van der Waals surface area (Å²) in [6, 6.07) is 5.50. The summed E-state index contributed by atoms with van der Waals surface area (Å²) in [5.41, 5.74) is 2.89. The highest BCUT2D eigenvalue weighted by molar-refractivity contribution is 5.88. The summed E-state index contributed by atoms with van der Waals surface area (Å²) < 4.78 is 13.2. The normalized spacial score (nSPS) is 15.4. The van der Waals surface area contributed by atoms with E-state index in [1.165, 1.54) is 0 Å². The summed E-state index contributed by atoms with van der Waals surface area (Å²) >= 11 is 0. The average molecular weight is 344 g/mol. The van der Waals surface area contributed by atoms with Gasteiger partial charge in [-0.3, -0.25) is 10.00 Å². The number of benzene rings is 1. The van der Waals surface area contributed by atoms with Crippen LogP contribution in [-0.4, -0.2) is 28.5 Å². The number of carbonyl (C=O) groups is 1. The van der Waals surface area contributed by atoms with Gasteiger partial charge in [-0.2, -0.15) is 5.10 Å². The van der Waals surface area contributed by atoms with E-state index in [1.54, 1.807) is 11.7 Å². The topological polar surface area (TPSA) is 77.4 Å². The summed E-state index contributed by atoms with van der Waals surface area (Å²) in [5.74, 6) is 2.30.